The van der Waals surface area contributed by atoms with E-state index in [2.05, 4.69) is 118 Å². The van der Waals surface area contributed by atoms with E-state index in [0.717, 1.165) is 22.5 Å². The first kappa shape index (κ1) is 23.1. The van der Waals surface area contributed by atoms with Crippen LogP contribution in [0, 0.1) is 34.6 Å². The number of aryl methyl sites for hydroxylation is 4. The summed E-state index contributed by atoms with van der Waals surface area (Å²) in [6.07, 6.45) is 1.89. The number of pyridine rings is 2. The van der Waals surface area contributed by atoms with Crippen LogP contribution in [0.5, 0.6) is 0 Å². The topological polar surface area (TPSA) is 25.8 Å². The highest BCUT2D eigenvalue weighted by Crippen LogP contribution is 2.40. The van der Waals surface area contributed by atoms with E-state index in [0.29, 0.717) is 0 Å². The fourth-order valence-electron chi connectivity index (χ4n) is 5.58. The highest BCUT2D eigenvalue weighted by molar-refractivity contribution is 6.13. The van der Waals surface area contributed by atoms with Crippen molar-refractivity contribution in [3.63, 3.8) is 0 Å². The van der Waals surface area contributed by atoms with Crippen LogP contribution in [0.15, 0.2) is 91.1 Å². The van der Waals surface area contributed by atoms with E-state index >= 15 is 0 Å². The summed E-state index contributed by atoms with van der Waals surface area (Å²) in [5.41, 5.74) is 14.2. The second kappa shape index (κ2) is 8.97. The Balaban J connectivity index is 1.60. The first-order valence-corrected chi connectivity index (χ1v) is 12.8. The zero-order chi connectivity index (χ0) is 25.7. The minimum Gasteiger partial charge on any atom is -0.256 e. The van der Waals surface area contributed by atoms with E-state index in [1.54, 1.807) is 0 Å². The summed E-state index contributed by atoms with van der Waals surface area (Å²) in [5.74, 6) is 0. The third kappa shape index (κ3) is 4.09. The lowest BCUT2D eigenvalue weighted by molar-refractivity contribution is 1.26. The van der Waals surface area contributed by atoms with Gasteiger partial charge < -0.3 is 0 Å². The SMILES string of the molecule is Cc1ccnc(-c2cccc(-c3c(C)ccc(-c4cc5nc(C)ccc5c5ccc(C)cc45)c3C)c2)c1. The molecular weight excluding hydrogens is 448 g/mol. The molecule has 0 aliphatic heterocycles. The monoisotopic (exact) mass is 478 g/mol. The van der Waals surface area contributed by atoms with Crippen LogP contribution in [0.1, 0.15) is 27.9 Å². The largest absolute Gasteiger partial charge is 0.256 e. The lowest BCUT2D eigenvalue weighted by atomic mass is 9.86. The van der Waals surface area contributed by atoms with E-state index in [-0.39, 0.29) is 0 Å². The Morgan fingerprint density at radius 2 is 1.35 bits per heavy atom. The van der Waals surface area contributed by atoms with Crippen molar-refractivity contribution in [3.05, 3.63) is 119 Å². The molecule has 4 aromatic carbocycles. The Kier molecular flexibility index (Phi) is 5.61. The van der Waals surface area contributed by atoms with Crippen LogP contribution in [-0.2, 0) is 0 Å². The maximum atomic E-state index is 4.91. The van der Waals surface area contributed by atoms with Crippen molar-refractivity contribution >= 4 is 21.7 Å². The summed E-state index contributed by atoms with van der Waals surface area (Å²) in [6, 6.07) is 30.8. The average Bonchev–Trinajstić information content (AvgIpc) is 2.88. The molecule has 2 nitrogen and oxygen atoms in total. The Morgan fingerprint density at radius 3 is 2.19 bits per heavy atom. The summed E-state index contributed by atoms with van der Waals surface area (Å²) in [7, 11) is 0. The van der Waals surface area contributed by atoms with Crippen molar-refractivity contribution < 1.29 is 0 Å². The zero-order valence-corrected chi connectivity index (χ0v) is 22.1. The summed E-state index contributed by atoms with van der Waals surface area (Å²) in [5, 5.41) is 3.72. The molecule has 0 amide bonds. The highest BCUT2D eigenvalue weighted by Gasteiger charge is 2.16. The number of rotatable bonds is 3. The van der Waals surface area contributed by atoms with Gasteiger partial charge in [0, 0.05) is 22.8 Å². The molecule has 2 heteroatoms. The molecule has 0 N–H and O–H groups in total. The molecule has 0 spiro atoms. The van der Waals surface area contributed by atoms with Crippen LogP contribution >= 0.6 is 0 Å². The van der Waals surface area contributed by atoms with Gasteiger partial charge in [-0.25, -0.2) is 0 Å². The van der Waals surface area contributed by atoms with Gasteiger partial charge in [-0.15, -0.1) is 0 Å². The van der Waals surface area contributed by atoms with Gasteiger partial charge in [0.2, 0.25) is 0 Å². The molecule has 0 bridgehead atoms. The Bertz CT molecular complexity index is 1830. The Hall–Kier alpha value is -4.30. The fourth-order valence-corrected chi connectivity index (χ4v) is 5.58. The summed E-state index contributed by atoms with van der Waals surface area (Å²) in [6.45, 7) is 10.8. The normalized spacial score (nSPS) is 11.4. The van der Waals surface area contributed by atoms with Gasteiger partial charge in [0.15, 0.2) is 0 Å². The van der Waals surface area contributed by atoms with Crippen LogP contribution in [0.2, 0.25) is 0 Å². The number of hydrogen-bond acceptors (Lipinski definition) is 2. The number of fused-ring (bicyclic) bond motifs is 3. The van der Waals surface area contributed by atoms with Crippen molar-refractivity contribution in [2.24, 2.45) is 0 Å². The molecule has 6 aromatic rings. The van der Waals surface area contributed by atoms with Crippen molar-refractivity contribution in [1.82, 2.24) is 9.97 Å². The molecular formula is C35H30N2. The molecule has 37 heavy (non-hydrogen) atoms. The molecule has 0 saturated carbocycles. The zero-order valence-electron chi connectivity index (χ0n) is 22.1. The van der Waals surface area contributed by atoms with Crippen LogP contribution in [-0.4, -0.2) is 9.97 Å². The summed E-state index contributed by atoms with van der Waals surface area (Å²) >= 11 is 0. The molecule has 0 saturated heterocycles. The first-order valence-electron chi connectivity index (χ1n) is 12.8. The van der Waals surface area contributed by atoms with Crippen molar-refractivity contribution in [2.75, 3.05) is 0 Å². The van der Waals surface area contributed by atoms with Crippen molar-refractivity contribution in [2.45, 2.75) is 34.6 Å². The first-order chi connectivity index (χ1) is 17.9. The predicted octanol–water partition coefficient (Wildman–Crippen LogP) is 9.33. The third-order valence-electron chi connectivity index (χ3n) is 7.43. The number of hydrogen-bond donors (Lipinski definition) is 0. The predicted molar refractivity (Wildman–Crippen MR) is 157 cm³/mol. The number of benzene rings is 4. The maximum absolute atomic E-state index is 4.91. The molecule has 2 aromatic heterocycles. The minimum atomic E-state index is 1.01. The van der Waals surface area contributed by atoms with E-state index < -0.39 is 0 Å². The van der Waals surface area contributed by atoms with Gasteiger partial charge in [-0.05, 0) is 115 Å². The maximum Gasteiger partial charge on any atom is 0.0717 e. The molecule has 0 unspecified atom stereocenters. The van der Waals surface area contributed by atoms with Gasteiger partial charge in [0.25, 0.3) is 0 Å². The van der Waals surface area contributed by atoms with Crippen LogP contribution in [0.4, 0.5) is 0 Å². The van der Waals surface area contributed by atoms with Gasteiger partial charge in [-0.3, -0.25) is 9.97 Å². The molecule has 0 aliphatic carbocycles. The quantitative estimate of drug-likeness (QED) is 0.237. The second-order valence-electron chi connectivity index (χ2n) is 10.2. The van der Waals surface area contributed by atoms with Gasteiger partial charge in [0.05, 0.1) is 11.2 Å². The van der Waals surface area contributed by atoms with Crippen LogP contribution in [0.25, 0.3) is 55.2 Å². The molecule has 2 heterocycles. The van der Waals surface area contributed by atoms with E-state index in [9.17, 15) is 0 Å². The summed E-state index contributed by atoms with van der Waals surface area (Å²) in [4.78, 5) is 9.53. The summed E-state index contributed by atoms with van der Waals surface area (Å²) < 4.78 is 0. The lowest BCUT2D eigenvalue weighted by Crippen LogP contribution is -1.95. The van der Waals surface area contributed by atoms with Crippen molar-refractivity contribution in [1.29, 1.82) is 0 Å². The average molecular weight is 479 g/mol. The van der Waals surface area contributed by atoms with E-state index in [1.807, 2.05) is 12.3 Å². The van der Waals surface area contributed by atoms with Gasteiger partial charge in [-0.1, -0.05) is 60.2 Å². The lowest BCUT2D eigenvalue weighted by Gasteiger charge is -2.18. The molecule has 0 aliphatic rings. The smallest absolute Gasteiger partial charge is 0.0717 e. The van der Waals surface area contributed by atoms with E-state index in [4.69, 9.17) is 4.98 Å². The standard InChI is InChI=1S/C35H30N2/c1-21-9-12-29-30-14-11-24(4)37-34(30)20-32(31(29)17-21)28-13-10-23(3)35(25(28)5)27-8-6-7-26(19-27)33-18-22(2)15-16-36-33/h6-20H,1-5H3. The highest BCUT2D eigenvalue weighted by atomic mass is 14.7. The molecule has 6 rings (SSSR count). The number of aromatic nitrogens is 2. The fraction of sp³-hybridized carbons (Fsp3) is 0.143. The molecule has 0 radical (unpaired) electrons. The van der Waals surface area contributed by atoms with Gasteiger partial charge >= 0.3 is 0 Å². The second-order valence-corrected chi connectivity index (χ2v) is 10.2. The Labute approximate surface area is 218 Å². The third-order valence-corrected chi connectivity index (χ3v) is 7.43. The number of nitrogens with zero attached hydrogens (tertiary/aromatic N) is 2. The van der Waals surface area contributed by atoms with Gasteiger partial charge in [0.1, 0.15) is 0 Å². The van der Waals surface area contributed by atoms with Crippen molar-refractivity contribution in [3.8, 4) is 33.5 Å². The molecule has 0 fully saturated rings. The minimum absolute atomic E-state index is 1.01. The van der Waals surface area contributed by atoms with Gasteiger partial charge in [-0.2, -0.15) is 0 Å². The Morgan fingerprint density at radius 1 is 0.568 bits per heavy atom. The molecule has 180 valence electrons. The molecule has 0 atom stereocenters. The van der Waals surface area contributed by atoms with Crippen LogP contribution in [0.3, 0.4) is 0 Å². The van der Waals surface area contributed by atoms with Crippen LogP contribution < -0.4 is 0 Å². The van der Waals surface area contributed by atoms with E-state index in [1.165, 1.54) is 60.7 Å².